The molecule has 1 aliphatic heterocycles. The van der Waals surface area contributed by atoms with Gasteiger partial charge in [-0.15, -0.1) is 0 Å². The quantitative estimate of drug-likeness (QED) is 0.174. The van der Waals surface area contributed by atoms with Crippen LogP contribution in [0.2, 0.25) is 0 Å². The number of fused-ring (bicyclic) bond motifs is 2. The van der Waals surface area contributed by atoms with Gasteiger partial charge in [0.25, 0.3) is 0 Å². The van der Waals surface area contributed by atoms with Gasteiger partial charge >= 0.3 is 12.2 Å². The maximum absolute atomic E-state index is 13.3. The molecule has 4 aromatic rings. The first kappa shape index (κ1) is 35.6. The molecule has 2 aliphatic rings. The molecule has 0 spiro atoms. The van der Waals surface area contributed by atoms with Crippen LogP contribution in [0, 0.1) is 0 Å². The van der Waals surface area contributed by atoms with Crippen LogP contribution in [0.5, 0.6) is 0 Å². The molecule has 2 amide bonds. The van der Waals surface area contributed by atoms with Crippen molar-refractivity contribution >= 4 is 52.4 Å². The molecule has 270 valence electrons. The zero-order chi connectivity index (χ0) is 36.3. The SMILES string of the molecule is CC(C)(C)OC(=O)N[C@H]1CC[C@H](Nc2nc(N3CCc4cc(NC(=O)CCc5ccccc5)ccc43)c3ncn(C(=O)OC(C)(C)C)c3n2)CC1. The van der Waals surface area contributed by atoms with Gasteiger partial charge in [-0.05, 0) is 109 Å². The van der Waals surface area contributed by atoms with Gasteiger partial charge in [0.1, 0.15) is 17.5 Å². The summed E-state index contributed by atoms with van der Waals surface area (Å²) in [5.74, 6) is 0.912. The monoisotopic (exact) mass is 696 g/mol. The van der Waals surface area contributed by atoms with E-state index in [1.54, 1.807) is 0 Å². The number of rotatable bonds is 8. The van der Waals surface area contributed by atoms with E-state index in [0.29, 0.717) is 42.3 Å². The van der Waals surface area contributed by atoms with Crippen molar-refractivity contribution in [1.29, 1.82) is 0 Å². The number of nitrogens with zero attached hydrogens (tertiary/aromatic N) is 5. The number of hydrogen-bond acceptors (Lipinski definition) is 10. The molecule has 3 heterocycles. The number of aryl methyl sites for hydroxylation is 1. The van der Waals surface area contributed by atoms with Gasteiger partial charge < -0.3 is 30.3 Å². The van der Waals surface area contributed by atoms with Crippen LogP contribution in [0.1, 0.15) is 84.8 Å². The Labute approximate surface area is 298 Å². The number of hydrogen-bond donors (Lipinski definition) is 3. The number of carbonyl (C=O) groups excluding carboxylic acids is 3. The first-order chi connectivity index (χ1) is 24.2. The Morgan fingerprint density at radius 2 is 1.59 bits per heavy atom. The molecule has 3 N–H and O–H groups in total. The van der Waals surface area contributed by atoms with Crippen molar-refractivity contribution in [3.05, 3.63) is 66.0 Å². The Bertz CT molecular complexity index is 1890. The number of anilines is 4. The normalized spacial score (nSPS) is 17.5. The number of nitrogens with one attached hydrogen (secondary N) is 3. The Kier molecular flexibility index (Phi) is 10.2. The van der Waals surface area contributed by atoms with Gasteiger partial charge in [-0.3, -0.25) is 4.79 Å². The van der Waals surface area contributed by atoms with E-state index >= 15 is 0 Å². The fourth-order valence-corrected chi connectivity index (χ4v) is 6.45. The molecular weight excluding hydrogens is 648 g/mol. The van der Waals surface area contributed by atoms with E-state index in [4.69, 9.17) is 19.4 Å². The molecule has 2 aromatic heterocycles. The molecule has 0 bridgehead atoms. The van der Waals surface area contributed by atoms with Crippen LogP contribution in [0.4, 0.5) is 32.7 Å². The van der Waals surface area contributed by atoms with Crippen molar-refractivity contribution in [3.8, 4) is 0 Å². The smallest absolute Gasteiger partial charge is 0.421 e. The van der Waals surface area contributed by atoms with Crippen LogP contribution in [0.15, 0.2) is 54.9 Å². The largest absolute Gasteiger partial charge is 0.444 e. The van der Waals surface area contributed by atoms with E-state index in [-0.39, 0.29) is 18.0 Å². The summed E-state index contributed by atoms with van der Waals surface area (Å²) in [6.07, 6.45) is 5.36. The van der Waals surface area contributed by atoms with Gasteiger partial charge in [0, 0.05) is 36.4 Å². The number of carbonyl (C=O) groups is 3. The Morgan fingerprint density at radius 3 is 2.29 bits per heavy atom. The maximum atomic E-state index is 13.3. The summed E-state index contributed by atoms with van der Waals surface area (Å²) in [4.78, 5) is 54.8. The fourth-order valence-electron chi connectivity index (χ4n) is 6.45. The third-order valence-electron chi connectivity index (χ3n) is 8.75. The zero-order valence-electron chi connectivity index (χ0n) is 30.3. The third kappa shape index (κ3) is 9.13. The average Bonchev–Trinajstić information content (AvgIpc) is 3.68. The summed E-state index contributed by atoms with van der Waals surface area (Å²) >= 11 is 0. The number of imidazole rings is 1. The molecule has 1 saturated carbocycles. The second-order valence-electron chi connectivity index (χ2n) is 15.3. The lowest BCUT2D eigenvalue weighted by atomic mass is 9.91. The van der Waals surface area contributed by atoms with Crippen molar-refractivity contribution in [2.45, 2.75) is 110 Å². The van der Waals surface area contributed by atoms with Gasteiger partial charge in [0.2, 0.25) is 11.9 Å². The van der Waals surface area contributed by atoms with Crippen LogP contribution in [0.25, 0.3) is 11.2 Å². The topological polar surface area (TPSA) is 153 Å². The lowest BCUT2D eigenvalue weighted by molar-refractivity contribution is -0.116. The van der Waals surface area contributed by atoms with Crippen LogP contribution >= 0.6 is 0 Å². The summed E-state index contributed by atoms with van der Waals surface area (Å²) in [7, 11) is 0. The van der Waals surface area contributed by atoms with Crippen LogP contribution in [0.3, 0.4) is 0 Å². The van der Waals surface area contributed by atoms with Crippen molar-refractivity contribution in [2.75, 3.05) is 22.1 Å². The molecule has 0 saturated heterocycles. The van der Waals surface area contributed by atoms with E-state index < -0.39 is 23.4 Å². The van der Waals surface area contributed by atoms with Gasteiger partial charge in [-0.25, -0.2) is 19.1 Å². The summed E-state index contributed by atoms with van der Waals surface area (Å²) in [5, 5.41) is 9.53. The zero-order valence-corrected chi connectivity index (χ0v) is 30.3. The molecule has 0 atom stereocenters. The average molecular weight is 697 g/mol. The molecule has 1 aliphatic carbocycles. The van der Waals surface area contributed by atoms with Crippen LogP contribution in [-0.4, -0.2) is 67.4 Å². The molecule has 13 heteroatoms. The van der Waals surface area contributed by atoms with Crippen LogP contribution < -0.4 is 20.9 Å². The Balaban J connectivity index is 1.21. The highest BCUT2D eigenvalue weighted by Gasteiger charge is 2.30. The van der Waals surface area contributed by atoms with Crippen molar-refractivity contribution in [1.82, 2.24) is 24.8 Å². The highest BCUT2D eigenvalue weighted by molar-refractivity contribution is 5.94. The van der Waals surface area contributed by atoms with E-state index in [1.165, 1.54) is 10.9 Å². The van der Waals surface area contributed by atoms with Crippen molar-refractivity contribution in [3.63, 3.8) is 0 Å². The number of aromatic nitrogens is 4. The van der Waals surface area contributed by atoms with Crippen LogP contribution in [-0.2, 0) is 27.1 Å². The minimum absolute atomic E-state index is 0.0186. The van der Waals surface area contributed by atoms with E-state index in [9.17, 15) is 14.4 Å². The highest BCUT2D eigenvalue weighted by Crippen LogP contribution is 2.38. The lowest BCUT2D eigenvalue weighted by Crippen LogP contribution is -2.42. The summed E-state index contributed by atoms with van der Waals surface area (Å²) in [6, 6.07) is 15.9. The molecule has 13 nitrogen and oxygen atoms in total. The van der Waals surface area contributed by atoms with E-state index in [2.05, 4.69) is 25.8 Å². The van der Waals surface area contributed by atoms with Gasteiger partial charge in [0.15, 0.2) is 17.0 Å². The molecule has 0 radical (unpaired) electrons. The maximum Gasteiger partial charge on any atom is 0.421 e. The summed E-state index contributed by atoms with van der Waals surface area (Å²) in [6.45, 7) is 11.6. The molecule has 0 unspecified atom stereocenters. The number of alkyl carbamates (subject to hydrolysis) is 1. The second-order valence-corrected chi connectivity index (χ2v) is 15.3. The second kappa shape index (κ2) is 14.6. The van der Waals surface area contributed by atoms with Gasteiger partial charge in [0.05, 0.1) is 0 Å². The Hall–Kier alpha value is -5.20. The number of benzene rings is 2. The van der Waals surface area contributed by atoms with Gasteiger partial charge in [-0.2, -0.15) is 9.97 Å². The molecular formula is C38H48N8O5. The van der Waals surface area contributed by atoms with E-state index in [1.807, 2.05) is 90.1 Å². The third-order valence-corrected chi connectivity index (χ3v) is 8.75. The van der Waals surface area contributed by atoms with E-state index in [0.717, 1.165) is 54.6 Å². The highest BCUT2D eigenvalue weighted by atomic mass is 16.6. The summed E-state index contributed by atoms with van der Waals surface area (Å²) < 4.78 is 12.4. The first-order valence-electron chi connectivity index (χ1n) is 17.7. The molecule has 6 rings (SSSR count). The minimum Gasteiger partial charge on any atom is -0.444 e. The van der Waals surface area contributed by atoms with Crippen molar-refractivity contribution in [2.24, 2.45) is 0 Å². The lowest BCUT2D eigenvalue weighted by Gasteiger charge is -2.30. The number of ether oxygens (including phenoxy) is 2. The fraction of sp³-hybridized carbons (Fsp3) is 0.474. The molecule has 51 heavy (non-hydrogen) atoms. The molecule has 2 aromatic carbocycles. The predicted octanol–water partition coefficient (Wildman–Crippen LogP) is 7.12. The Morgan fingerprint density at radius 1 is 0.882 bits per heavy atom. The minimum atomic E-state index is -0.709. The standard InChI is InChI=1S/C38H48N8O5/c1-37(2,3)50-35(48)42-27-15-13-26(14-16-27)41-34-43-32(31-33(44-34)46(23-39-31)36(49)51-38(4,5)6)45-21-20-25-22-28(17-18-29(25)45)40-30(47)19-12-24-10-8-7-9-11-24/h7-11,17-18,22-23,26-27H,12-16,19-21H2,1-6H3,(H,40,47)(H,42,48)(H,41,43,44)/t26-,27-. The van der Waals surface area contributed by atoms with Crippen molar-refractivity contribution < 1.29 is 23.9 Å². The molecule has 1 fully saturated rings. The summed E-state index contributed by atoms with van der Waals surface area (Å²) in [5.41, 5.74) is 3.44. The first-order valence-corrected chi connectivity index (χ1v) is 17.7. The predicted molar refractivity (Wildman–Crippen MR) is 197 cm³/mol. The number of amides is 2. The van der Waals surface area contributed by atoms with Gasteiger partial charge in [-0.1, -0.05) is 30.3 Å².